The fraction of sp³-hybridized carbons (Fsp3) is 0.933. The van der Waals surface area contributed by atoms with Crippen molar-refractivity contribution >= 4 is 5.97 Å². The first kappa shape index (κ1) is 13.9. The zero-order chi connectivity index (χ0) is 13.2. The van der Waals surface area contributed by atoms with Crippen molar-refractivity contribution < 1.29 is 9.90 Å². The van der Waals surface area contributed by atoms with Crippen LogP contribution in [0.25, 0.3) is 0 Å². The SMILES string of the molecule is CCC(CC)(CNCC1CC2CCC1C2)C(=O)O. The topological polar surface area (TPSA) is 49.3 Å². The molecule has 3 unspecified atom stereocenters. The summed E-state index contributed by atoms with van der Waals surface area (Å²) in [7, 11) is 0. The van der Waals surface area contributed by atoms with E-state index in [0.29, 0.717) is 19.4 Å². The van der Waals surface area contributed by atoms with Crippen molar-refractivity contribution in [3.05, 3.63) is 0 Å². The molecule has 0 saturated heterocycles. The summed E-state index contributed by atoms with van der Waals surface area (Å²) in [5, 5.41) is 12.8. The molecule has 0 aliphatic heterocycles. The van der Waals surface area contributed by atoms with E-state index < -0.39 is 11.4 Å². The monoisotopic (exact) mass is 253 g/mol. The molecule has 2 aliphatic rings. The zero-order valence-electron chi connectivity index (χ0n) is 11.7. The van der Waals surface area contributed by atoms with E-state index in [1.54, 1.807) is 0 Å². The lowest BCUT2D eigenvalue weighted by atomic mass is 9.82. The van der Waals surface area contributed by atoms with Crippen LogP contribution in [0, 0.1) is 23.2 Å². The van der Waals surface area contributed by atoms with Crippen LogP contribution in [0.1, 0.15) is 52.4 Å². The highest BCUT2D eigenvalue weighted by molar-refractivity contribution is 5.74. The second-order valence-electron chi connectivity index (χ2n) is 6.36. The number of rotatable bonds is 7. The number of nitrogens with one attached hydrogen (secondary N) is 1. The van der Waals surface area contributed by atoms with E-state index >= 15 is 0 Å². The Morgan fingerprint density at radius 1 is 1.28 bits per heavy atom. The van der Waals surface area contributed by atoms with Gasteiger partial charge in [0.2, 0.25) is 0 Å². The summed E-state index contributed by atoms with van der Waals surface area (Å²) in [6.45, 7) is 5.62. The quantitative estimate of drug-likeness (QED) is 0.733. The van der Waals surface area contributed by atoms with Crippen LogP contribution >= 0.6 is 0 Å². The van der Waals surface area contributed by atoms with Gasteiger partial charge in [0.15, 0.2) is 0 Å². The molecule has 3 nitrogen and oxygen atoms in total. The van der Waals surface area contributed by atoms with E-state index in [1.165, 1.54) is 25.7 Å². The standard InChI is InChI=1S/C15H27NO2/c1-3-15(4-2,14(17)18)10-16-9-13-8-11-5-6-12(13)7-11/h11-13,16H,3-10H2,1-2H3,(H,17,18). The molecular weight excluding hydrogens is 226 g/mol. The van der Waals surface area contributed by atoms with Crippen LogP contribution in [0.15, 0.2) is 0 Å². The predicted octanol–water partition coefficient (Wildman–Crippen LogP) is 2.90. The molecule has 0 radical (unpaired) electrons. The van der Waals surface area contributed by atoms with Crippen LogP contribution in [-0.4, -0.2) is 24.2 Å². The maximum atomic E-state index is 11.4. The Labute approximate surface area is 110 Å². The van der Waals surface area contributed by atoms with Gasteiger partial charge in [0.25, 0.3) is 0 Å². The van der Waals surface area contributed by atoms with E-state index in [2.05, 4.69) is 5.32 Å². The molecule has 2 saturated carbocycles. The summed E-state index contributed by atoms with van der Waals surface area (Å²) >= 11 is 0. The summed E-state index contributed by atoms with van der Waals surface area (Å²) in [4.78, 5) is 11.4. The van der Waals surface area contributed by atoms with E-state index in [1.807, 2.05) is 13.8 Å². The van der Waals surface area contributed by atoms with Crippen molar-refractivity contribution in [1.29, 1.82) is 0 Å². The molecule has 0 spiro atoms. The number of hydrogen-bond acceptors (Lipinski definition) is 2. The highest BCUT2D eigenvalue weighted by atomic mass is 16.4. The van der Waals surface area contributed by atoms with E-state index in [-0.39, 0.29) is 0 Å². The Kier molecular flexibility index (Phi) is 4.31. The molecule has 2 rings (SSSR count). The Bertz CT molecular complexity index is 299. The van der Waals surface area contributed by atoms with Crippen LogP contribution in [-0.2, 0) is 4.79 Å². The van der Waals surface area contributed by atoms with Gasteiger partial charge in [-0.15, -0.1) is 0 Å². The number of carboxylic acid groups (broad SMARTS) is 1. The Morgan fingerprint density at radius 3 is 2.44 bits per heavy atom. The number of carbonyl (C=O) groups is 1. The van der Waals surface area contributed by atoms with Gasteiger partial charge >= 0.3 is 5.97 Å². The summed E-state index contributed by atoms with van der Waals surface area (Å²) in [5.41, 5.74) is -0.558. The molecule has 2 bridgehead atoms. The third-order valence-electron chi connectivity index (χ3n) is 5.56. The van der Waals surface area contributed by atoms with E-state index in [4.69, 9.17) is 0 Å². The summed E-state index contributed by atoms with van der Waals surface area (Å²) in [5.74, 6) is 2.06. The molecule has 2 fully saturated rings. The normalized spacial score (nSPS) is 30.9. The average Bonchev–Trinajstić information content (AvgIpc) is 2.96. The molecule has 0 aromatic carbocycles. The summed E-state index contributed by atoms with van der Waals surface area (Å²) in [6, 6.07) is 0. The number of aliphatic carboxylic acids is 1. The second-order valence-corrected chi connectivity index (χ2v) is 6.36. The molecule has 0 aromatic rings. The van der Waals surface area contributed by atoms with Crippen molar-refractivity contribution in [2.24, 2.45) is 23.2 Å². The molecule has 0 heterocycles. The minimum Gasteiger partial charge on any atom is -0.481 e. The lowest BCUT2D eigenvalue weighted by molar-refractivity contribution is -0.149. The van der Waals surface area contributed by atoms with Crippen molar-refractivity contribution in [2.45, 2.75) is 52.4 Å². The van der Waals surface area contributed by atoms with Gasteiger partial charge in [-0.05, 0) is 56.4 Å². The lowest BCUT2D eigenvalue weighted by Crippen LogP contribution is -2.42. The first-order valence-electron chi connectivity index (χ1n) is 7.55. The lowest BCUT2D eigenvalue weighted by Gasteiger charge is -2.29. The smallest absolute Gasteiger partial charge is 0.310 e. The number of fused-ring (bicyclic) bond motifs is 2. The fourth-order valence-electron chi connectivity index (χ4n) is 4.00. The van der Waals surface area contributed by atoms with Gasteiger partial charge in [-0.25, -0.2) is 0 Å². The Hall–Kier alpha value is -0.570. The van der Waals surface area contributed by atoms with Crippen LogP contribution in [0.3, 0.4) is 0 Å². The molecule has 2 aliphatic carbocycles. The van der Waals surface area contributed by atoms with Crippen LogP contribution in [0.2, 0.25) is 0 Å². The van der Waals surface area contributed by atoms with Gasteiger partial charge in [-0.3, -0.25) is 4.79 Å². The molecule has 0 amide bonds. The van der Waals surface area contributed by atoms with Gasteiger partial charge in [0.05, 0.1) is 5.41 Å². The minimum atomic E-state index is -0.645. The minimum absolute atomic E-state index is 0.558. The van der Waals surface area contributed by atoms with Gasteiger partial charge < -0.3 is 10.4 Å². The van der Waals surface area contributed by atoms with Gasteiger partial charge in [0.1, 0.15) is 0 Å². The van der Waals surface area contributed by atoms with Crippen molar-refractivity contribution in [1.82, 2.24) is 5.32 Å². The molecule has 2 N–H and O–H groups in total. The zero-order valence-corrected chi connectivity index (χ0v) is 11.7. The van der Waals surface area contributed by atoms with Crippen LogP contribution in [0.5, 0.6) is 0 Å². The number of hydrogen-bond donors (Lipinski definition) is 2. The second kappa shape index (κ2) is 5.60. The molecular formula is C15H27NO2. The third-order valence-corrected chi connectivity index (χ3v) is 5.56. The number of carboxylic acids is 1. The molecule has 104 valence electrons. The largest absolute Gasteiger partial charge is 0.481 e. The maximum absolute atomic E-state index is 11.4. The van der Waals surface area contributed by atoms with Crippen molar-refractivity contribution in [2.75, 3.05) is 13.1 Å². The first-order chi connectivity index (χ1) is 8.61. The van der Waals surface area contributed by atoms with E-state index in [9.17, 15) is 9.90 Å². The molecule has 3 heteroatoms. The van der Waals surface area contributed by atoms with Crippen LogP contribution < -0.4 is 5.32 Å². The van der Waals surface area contributed by atoms with Gasteiger partial charge in [-0.1, -0.05) is 20.3 Å². The van der Waals surface area contributed by atoms with Crippen LogP contribution in [0.4, 0.5) is 0 Å². The predicted molar refractivity (Wildman–Crippen MR) is 72.5 cm³/mol. The van der Waals surface area contributed by atoms with E-state index in [0.717, 1.165) is 24.3 Å². The Morgan fingerprint density at radius 2 is 2.00 bits per heavy atom. The van der Waals surface area contributed by atoms with Crippen molar-refractivity contribution in [3.8, 4) is 0 Å². The third kappa shape index (κ3) is 2.56. The fourth-order valence-corrected chi connectivity index (χ4v) is 4.00. The maximum Gasteiger partial charge on any atom is 0.310 e. The van der Waals surface area contributed by atoms with Gasteiger partial charge in [0, 0.05) is 6.54 Å². The molecule has 3 atom stereocenters. The average molecular weight is 253 g/mol. The summed E-state index contributed by atoms with van der Waals surface area (Å²) < 4.78 is 0. The Balaban J connectivity index is 1.78. The molecule has 0 aromatic heterocycles. The molecule has 18 heavy (non-hydrogen) atoms. The summed E-state index contributed by atoms with van der Waals surface area (Å²) in [6.07, 6.45) is 7.06. The first-order valence-corrected chi connectivity index (χ1v) is 7.55. The highest BCUT2D eigenvalue weighted by Crippen LogP contribution is 2.48. The highest BCUT2D eigenvalue weighted by Gasteiger charge is 2.40. The van der Waals surface area contributed by atoms with Gasteiger partial charge in [-0.2, -0.15) is 0 Å². The van der Waals surface area contributed by atoms with Crippen molar-refractivity contribution in [3.63, 3.8) is 0 Å².